The number of hydrogen-bond acceptors (Lipinski definition) is 2. The molecular formula is C11H16N3+. The molecule has 0 spiro atoms. The molecule has 0 aliphatic heterocycles. The highest BCUT2D eigenvalue weighted by Gasteiger charge is 1.95. The molecule has 0 amide bonds. The molecule has 4 N–H and O–H groups in total. The van der Waals surface area contributed by atoms with E-state index in [-0.39, 0.29) is 0 Å². The summed E-state index contributed by atoms with van der Waals surface area (Å²) in [6, 6.07) is 8.18. The number of nitrogens with two attached hydrogens (primary N) is 1. The van der Waals surface area contributed by atoms with Gasteiger partial charge in [0, 0.05) is 30.6 Å². The molecule has 1 aromatic rings. The first kappa shape index (κ1) is 10.5. The van der Waals surface area contributed by atoms with Crippen molar-refractivity contribution in [2.45, 2.75) is 6.92 Å². The highest BCUT2D eigenvalue weighted by molar-refractivity contribution is 5.67. The minimum absolute atomic E-state index is 0.930. The van der Waals surface area contributed by atoms with Crippen molar-refractivity contribution in [3.05, 3.63) is 36.5 Å². The fourth-order valence-corrected chi connectivity index (χ4v) is 1.18. The Bertz CT molecular complexity index is 318. The smallest absolute Gasteiger partial charge is 0.136 e. The maximum Gasteiger partial charge on any atom is 0.136 e. The number of quaternary nitrogens is 1. The quantitative estimate of drug-likeness (QED) is 0.478. The van der Waals surface area contributed by atoms with Gasteiger partial charge in [0.25, 0.3) is 0 Å². The third-order valence-electron chi connectivity index (χ3n) is 1.76. The Labute approximate surface area is 84.4 Å². The van der Waals surface area contributed by atoms with Gasteiger partial charge in [0.1, 0.15) is 5.69 Å². The van der Waals surface area contributed by atoms with Crippen LogP contribution in [-0.2, 0) is 0 Å². The molecular weight excluding hydrogens is 174 g/mol. The highest BCUT2D eigenvalue weighted by atomic mass is 14.9. The minimum atomic E-state index is 0.930. The zero-order valence-electron chi connectivity index (χ0n) is 8.33. The normalized spacial score (nSPS) is 10.4. The van der Waals surface area contributed by atoms with Crippen molar-refractivity contribution in [3.63, 3.8) is 0 Å². The summed E-state index contributed by atoms with van der Waals surface area (Å²) in [6.45, 7) is 3.01. The number of allylic oxidation sites excluding steroid dienone is 1. The Hall–Kier alpha value is -1.61. The third-order valence-corrected chi connectivity index (χ3v) is 1.76. The van der Waals surface area contributed by atoms with Gasteiger partial charge in [-0.25, -0.2) is 0 Å². The molecule has 0 atom stereocenters. The van der Waals surface area contributed by atoms with Crippen LogP contribution in [0.1, 0.15) is 6.92 Å². The Morgan fingerprint density at radius 3 is 3.07 bits per heavy atom. The molecule has 74 valence electrons. The van der Waals surface area contributed by atoms with Gasteiger partial charge in [-0.15, -0.1) is 0 Å². The fraction of sp³-hybridized carbons (Fsp3) is 0.182. The Morgan fingerprint density at radius 2 is 2.36 bits per heavy atom. The maximum atomic E-state index is 6.83. The summed E-state index contributed by atoms with van der Waals surface area (Å²) in [5.41, 5.74) is 2.27. The van der Waals surface area contributed by atoms with Gasteiger partial charge >= 0.3 is 0 Å². The molecule has 0 saturated heterocycles. The van der Waals surface area contributed by atoms with Crippen molar-refractivity contribution in [2.24, 2.45) is 0 Å². The molecule has 1 aromatic carbocycles. The zero-order chi connectivity index (χ0) is 10.2. The van der Waals surface area contributed by atoms with E-state index >= 15 is 0 Å². The van der Waals surface area contributed by atoms with Gasteiger partial charge in [0.05, 0.1) is 6.20 Å². The summed E-state index contributed by atoms with van der Waals surface area (Å²) >= 11 is 0. The van der Waals surface area contributed by atoms with Crippen molar-refractivity contribution in [2.75, 3.05) is 11.9 Å². The topological polar surface area (TPSA) is 52.5 Å². The fourth-order valence-electron chi connectivity index (χ4n) is 1.18. The lowest BCUT2D eigenvalue weighted by atomic mass is 10.3. The van der Waals surface area contributed by atoms with Crippen LogP contribution in [0.3, 0.4) is 0 Å². The van der Waals surface area contributed by atoms with Crippen LogP contribution in [0.25, 0.3) is 0 Å². The zero-order valence-corrected chi connectivity index (χ0v) is 8.33. The largest absolute Gasteiger partial charge is 0.385 e. The summed E-state index contributed by atoms with van der Waals surface area (Å²) in [6.07, 6.45) is 4.82. The molecule has 0 fully saturated rings. The highest BCUT2D eigenvalue weighted by Crippen LogP contribution is 2.10. The maximum absolute atomic E-state index is 6.83. The summed E-state index contributed by atoms with van der Waals surface area (Å²) in [4.78, 5) is 0. The molecule has 0 saturated carbocycles. The molecule has 14 heavy (non-hydrogen) atoms. The molecule has 0 aliphatic carbocycles. The second-order valence-electron chi connectivity index (χ2n) is 2.87. The van der Waals surface area contributed by atoms with Crippen molar-refractivity contribution in [3.8, 4) is 0 Å². The molecule has 0 radical (unpaired) electrons. The number of hydrogen-bond donors (Lipinski definition) is 3. The predicted molar refractivity (Wildman–Crippen MR) is 60.1 cm³/mol. The van der Waals surface area contributed by atoms with Gasteiger partial charge in [-0.1, -0.05) is 6.07 Å². The van der Waals surface area contributed by atoms with E-state index in [9.17, 15) is 0 Å². The molecule has 0 aliphatic rings. The van der Waals surface area contributed by atoms with E-state index in [0.29, 0.717) is 0 Å². The van der Waals surface area contributed by atoms with Crippen molar-refractivity contribution >= 4 is 17.6 Å². The molecule has 0 bridgehead atoms. The average molecular weight is 190 g/mol. The number of rotatable bonds is 5. The minimum Gasteiger partial charge on any atom is -0.385 e. The molecule has 3 heteroatoms. The molecule has 3 nitrogen and oxygen atoms in total. The summed E-state index contributed by atoms with van der Waals surface area (Å²) in [7, 11) is 0. The summed E-state index contributed by atoms with van der Waals surface area (Å²) < 4.78 is 0. The average Bonchev–Trinajstić information content (AvgIpc) is 2.19. The van der Waals surface area contributed by atoms with Crippen LogP contribution in [0.5, 0.6) is 0 Å². The molecule has 1 rings (SSSR count). The van der Waals surface area contributed by atoms with E-state index < -0.39 is 0 Å². The van der Waals surface area contributed by atoms with Gasteiger partial charge in [0.2, 0.25) is 0 Å². The predicted octanol–water partition coefficient (Wildman–Crippen LogP) is 1.48. The van der Waals surface area contributed by atoms with Crippen molar-refractivity contribution in [1.29, 1.82) is 5.41 Å². The van der Waals surface area contributed by atoms with Crippen LogP contribution >= 0.6 is 0 Å². The third kappa shape index (κ3) is 3.41. The molecule has 0 heterocycles. The van der Waals surface area contributed by atoms with Crippen LogP contribution in [0.15, 0.2) is 36.5 Å². The SMILES string of the molecule is CCNc1cccc([NH2+]C=CC=N)c1. The van der Waals surface area contributed by atoms with Gasteiger partial charge in [0.15, 0.2) is 0 Å². The summed E-state index contributed by atoms with van der Waals surface area (Å²) in [5, 5.41) is 12.1. The van der Waals surface area contributed by atoms with Crippen LogP contribution < -0.4 is 10.6 Å². The lowest BCUT2D eigenvalue weighted by Gasteiger charge is -2.02. The Balaban J connectivity index is 2.63. The van der Waals surface area contributed by atoms with E-state index in [1.54, 1.807) is 6.08 Å². The second kappa shape index (κ2) is 5.94. The van der Waals surface area contributed by atoms with E-state index in [2.05, 4.69) is 18.3 Å². The van der Waals surface area contributed by atoms with Crippen LogP contribution in [0.4, 0.5) is 11.4 Å². The van der Waals surface area contributed by atoms with Crippen molar-refractivity contribution < 1.29 is 5.32 Å². The Morgan fingerprint density at radius 1 is 1.50 bits per heavy atom. The van der Waals surface area contributed by atoms with E-state index in [0.717, 1.165) is 17.9 Å². The van der Waals surface area contributed by atoms with Gasteiger partial charge in [-0.2, -0.15) is 0 Å². The molecule has 0 aromatic heterocycles. The summed E-state index contributed by atoms with van der Waals surface area (Å²) in [5.74, 6) is 0. The van der Waals surface area contributed by atoms with Gasteiger partial charge in [-0.05, 0) is 19.1 Å². The standard InChI is InChI=1S/C11H15N3/c1-2-13-10-5-3-6-11(9-10)14-8-4-7-12/h3-9,12-14H,2H2,1H3/p+1. The monoisotopic (exact) mass is 190 g/mol. The Kier molecular flexibility index (Phi) is 4.44. The number of nitrogens with one attached hydrogen (secondary N) is 2. The first-order chi connectivity index (χ1) is 6.86. The van der Waals surface area contributed by atoms with Gasteiger partial charge in [-0.3, -0.25) is 5.32 Å². The van der Waals surface area contributed by atoms with Crippen LogP contribution in [0, 0.1) is 5.41 Å². The first-order valence-electron chi connectivity index (χ1n) is 4.71. The van der Waals surface area contributed by atoms with E-state index in [1.165, 1.54) is 6.21 Å². The van der Waals surface area contributed by atoms with E-state index in [4.69, 9.17) is 5.41 Å². The van der Waals surface area contributed by atoms with E-state index in [1.807, 2.05) is 29.7 Å². The second-order valence-corrected chi connectivity index (χ2v) is 2.87. The van der Waals surface area contributed by atoms with Crippen LogP contribution in [-0.4, -0.2) is 12.8 Å². The number of benzene rings is 1. The lowest BCUT2D eigenvalue weighted by molar-refractivity contribution is -0.496. The lowest BCUT2D eigenvalue weighted by Crippen LogP contribution is -2.70. The first-order valence-corrected chi connectivity index (χ1v) is 4.71. The van der Waals surface area contributed by atoms with Gasteiger partial charge < -0.3 is 10.7 Å². The molecule has 0 unspecified atom stereocenters. The van der Waals surface area contributed by atoms with Crippen molar-refractivity contribution in [1.82, 2.24) is 0 Å². The van der Waals surface area contributed by atoms with Crippen LogP contribution in [0.2, 0.25) is 0 Å². The number of anilines is 1.